The van der Waals surface area contributed by atoms with Crippen LogP contribution < -0.4 is 11.1 Å². The van der Waals surface area contributed by atoms with Gasteiger partial charge in [0.1, 0.15) is 23.2 Å². The highest BCUT2D eigenvalue weighted by Crippen LogP contribution is 2.41. The van der Waals surface area contributed by atoms with Crippen molar-refractivity contribution in [1.82, 2.24) is 29.7 Å². The Hall–Kier alpha value is -3.45. The number of hydrogen-bond donors (Lipinski definition) is 2. The van der Waals surface area contributed by atoms with Crippen molar-refractivity contribution in [2.75, 3.05) is 11.1 Å². The second-order valence-corrected chi connectivity index (χ2v) is 7.72. The number of nitrogens with two attached hydrogens (primary N) is 1. The average molecular weight is 459 g/mol. The van der Waals surface area contributed by atoms with Gasteiger partial charge in [-0.25, -0.2) is 19.9 Å². The number of carbonyl (C=O) groups excluding carboxylic acids is 1. The minimum atomic E-state index is -5.79. The number of aromatic nitrogens is 6. The molecule has 0 spiro atoms. The van der Waals surface area contributed by atoms with E-state index in [4.69, 9.17) is 9.85 Å². The highest BCUT2D eigenvalue weighted by atomic mass is 19.4. The Morgan fingerprint density at radius 2 is 1.91 bits per heavy atom. The molecule has 170 valence electrons. The zero-order valence-electron chi connectivity index (χ0n) is 19.6. The summed E-state index contributed by atoms with van der Waals surface area (Å²) < 4.78 is 88.2. The number of aryl methyl sites for hydroxylation is 2. The maximum atomic E-state index is 13.5. The normalized spacial score (nSPS) is 17.6. The number of nitrogen functional groups attached to an aromatic ring is 1. The first-order chi connectivity index (χ1) is 15.9. The predicted molar refractivity (Wildman–Crippen MR) is 103 cm³/mol. The largest absolute Gasteiger partial charge is 0.453 e. The number of nitrogens with zero attached hydrogens (tertiary/aromatic N) is 6. The Bertz CT molecular complexity index is 1350. The van der Waals surface area contributed by atoms with Crippen LogP contribution in [0.4, 0.5) is 33.6 Å². The van der Waals surface area contributed by atoms with E-state index in [1.54, 1.807) is 13.8 Å². The fourth-order valence-electron chi connectivity index (χ4n) is 3.31. The van der Waals surface area contributed by atoms with Gasteiger partial charge in [0.05, 0.1) is 22.6 Å². The Morgan fingerprint density at radius 3 is 2.56 bits per heavy atom. The molecule has 0 atom stereocenters. The Morgan fingerprint density at radius 1 is 1.19 bits per heavy atom. The summed E-state index contributed by atoms with van der Waals surface area (Å²) in [5, 5.41) is 6.26. The lowest BCUT2D eigenvalue weighted by atomic mass is 9.87. The van der Waals surface area contributed by atoms with E-state index in [-0.39, 0.29) is 34.2 Å². The standard InChI is InChI=1S/C18H17F5N8O/c1-16(2)9-11(24)28-13(29-12(9)30-15(16)32)10-7-6-25-31(3)14(7)27-8(26-10)4-5-17(19,20)18(21,22)23/h6H,4-5H2,1-3H3,(H3,24,28,29,30,32)/i3D3. The van der Waals surface area contributed by atoms with Crippen molar-refractivity contribution in [3.63, 3.8) is 0 Å². The minimum absolute atomic E-state index is 0.0182. The monoisotopic (exact) mass is 459 g/mol. The molecule has 4 heterocycles. The van der Waals surface area contributed by atoms with Crippen LogP contribution in [0.15, 0.2) is 6.20 Å². The van der Waals surface area contributed by atoms with Gasteiger partial charge in [0, 0.05) is 23.9 Å². The van der Waals surface area contributed by atoms with E-state index in [2.05, 4.69) is 30.4 Å². The Kier molecular flexibility index (Phi) is 3.84. The van der Waals surface area contributed by atoms with Gasteiger partial charge in [-0.2, -0.15) is 27.1 Å². The van der Waals surface area contributed by atoms with E-state index in [1.807, 2.05) is 0 Å². The molecule has 1 aliphatic rings. The summed E-state index contributed by atoms with van der Waals surface area (Å²) in [6, 6.07) is 0. The Balaban J connectivity index is 1.89. The molecule has 1 amide bonds. The van der Waals surface area contributed by atoms with Crippen molar-refractivity contribution in [2.45, 2.75) is 44.2 Å². The first-order valence-corrected chi connectivity index (χ1v) is 9.13. The quantitative estimate of drug-likeness (QED) is 0.575. The van der Waals surface area contributed by atoms with Gasteiger partial charge in [-0.1, -0.05) is 0 Å². The molecule has 4 rings (SSSR count). The summed E-state index contributed by atoms with van der Waals surface area (Å²) in [6.45, 7) is 0.335. The molecular formula is C18H17F5N8O. The van der Waals surface area contributed by atoms with Crippen LogP contribution in [-0.2, 0) is 23.6 Å². The zero-order chi connectivity index (χ0) is 26.1. The summed E-state index contributed by atoms with van der Waals surface area (Å²) in [7, 11) is 0. The lowest BCUT2D eigenvalue weighted by Gasteiger charge is -2.19. The third-order valence-electron chi connectivity index (χ3n) is 5.13. The maximum absolute atomic E-state index is 13.5. The van der Waals surface area contributed by atoms with Gasteiger partial charge in [-0.3, -0.25) is 9.48 Å². The van der Waals surface area contributed by atoms with Gasteiger partial charge in [0.2, 0.25) is 5.91 Å². The van der Waals surface area contributed by atoms with Crippen molar-refractivity contribution in [2.24, 2.45) is 6.98 Å². The van der Waals surface area contributed by atoms with E-state index >= 15 is 0 Å². The molecule has 0 unspecified atom stereocenters. The van der Waals surface area contributed by atoms with Gasteiger partial charge < -0.3 is 11.1 Å². The van der Waals surface area contributed by atoms with Crippen LogP contribution in [-0.4, -0.2) is 47.7 Å². The number of fused-ring (bicyclic) bond motifs is 2. The van der Waals surface area contributed by atoms with Gasteiger partial charge in [0.15, 0.2) is 11.5 Å². The Labute approximate surface area is 181 Å². The molecule has 0 bridgehead atoms. The summed E-state index contributed by atoms with van der Waals surface area (Å²) in [5.74, 6) is -6.24. The lowest BCUT2D eigenvalue weighted by molar-refractivity contribution is -0.284. The van der Waals surface area contributed by atoms with E-state index in [0.717, 1.165) is 6.20 Å². The third-order valence-corrected chi connectivity index (χ3v) is 5.13. The van der Waals surface area contributed by atoms with E-state index in [1.165, 1.54) is 0 Å². The van der Waals surface area contributed by atoms with Crippen LogP contribution in [0.5, 0.6) is 0 Å². The summed E-state index contributed by atoms with van der Waals surface area (Å²) in [6.07, 6.45) is -7.35. The number of hydrogen-bond acceptors (Lipinski definition) is 7. The molecular weight excluding hydrogens is 439 g/mol. The summed E-state index contributed by atoms with van der Waals surface area (Å²) >= 11 is 0. The number of alkyl halides is 5. The first-order valence-electron chi connectivity index (χ1n) is 10.6. The van der Waals surface area contributed by atoms with Crippen LogP contribution in [0.2, 0.25) is 0 Å². The van der Waals surface area contributed by atoms with Crippen LogP contribution in [0.1, 0.15) is 35.8 Å². The molecule has 0 aliphatic carbocycles. The van der Waals surface area contributed by atoms with E-state index < -0.39 is 49.1 Å². The van der Waals surface area contributed by atoms with Crippen LogP contribution >= 0.6 is 0 Å². The van der Waals surface area contributed by atoms with E-state index in [9.17, 15) is 26.7 Å². The molecule has 3 aromatic rings. The minimum Gasteiger partial charge on any atom is -0.383 e. The number of halogens is 5. The SMILES string of the molecule is [2H]C([2H])([2H])n1ncc2c(-c3nc(N)c4c(n3)NC(=O)C4(C)C)nc(CCC(F)(F)C(F)(F)F)nc21. The van der Waals surface area contributed by atoms with Crippen LogP contribution in [0, 0.1) is 0 Å². The summed E-state index contributed by atoms with van der Waals surface area (Å²) in [5.41, 5.74) is 4.74. The van der Waals surface area contributed by atoms with Gasteiger partial charge in [-0.15, -0.1) is 0 Å². The topological polar surface area (TPSA) is 124 Å². The number of anilines is 2. The number of carbonyl (C=O) groups is 1. The molecule has 0 saturated carbocycles. The van der Waals surface area contributed by atoms with Gasteiger partial charge in [0.25, 0.3) is 0 Å². The molecule has 9 nitrogen and oxygen atoms in total. The lowest BCUT2D eigenvalue weighted by Crippen LogP contribution is -2.36. The van der Waals surface area contributed by atoms with Crippen LogP contribution in [0.25, 0.3) is 22.6 Å². The van der Waals surface area contributed by atoms with Crippen molar-refractivity contribution in [1.29, 1.82) is 0 Å². The second kappa shape index (κ2) is 6.77. The smallest absolute Gasteiger partial charge is 0.383 e. The molecule has 0 aromatic carbocycles. The van der Waals surface area contributed by atoms with Gasteiger partial charge >= 0.3 is 12.1 Å². The average Bonchev–Trinajstić information content (AvgIpc) is 3.23. The molecule has 1 aliphatic heterocycles. The summed E-state index contributed by atoms with van der Waals surface area (Å²) in [4.78, 5) is 28.6. The van der Waals surface area contributed by atoms with E-state index in [0.29, 0.717) is 10.2 Å². The molecule has 3 N–H and O–H groups in total. The highest BCUT2D eigenvalue weighted by Gasteiger charge is 2.56. The molecule has 0 saturated heterocycles. The van der Waals surface area contributed by atoms with Crippen molar-refractivity contribution in [3.8, 4) is 11.5 Å². The number of rotatable bonds is 4. The first kappa shape index (κ1) is 18.2. The van der Waals surface area contributed by atoms with Crippen molar-refractivity contribution in [3.05, 3.63) is 17.6 Å². The fraction of sp³-hybridized carbons (Fsp3) is 0.444. The second-order valence-electron chi connectivity index (χ2n) is 7.72. The predicted octanol–water partition coefficient (Wildman–Crippen LogP) is 2.76. The molecule has 32 heavy (non-hydrogen) atoms. The maximum Gasteiger partial charge on any atom is 0.453 e. The highest BCUT2D eigenvalue weighted by molar-refractivity contribution is 6.06. The number of amides is 1. The zero-order valence-corrected chi connectivity index (χ0v) is 16.6. The fourth-order valence-corrected chi connectivity index (χ4v) is 3.31. The van der Waals surface area contributed by atoms with Crippen molar-refractivity contribution >= 4 is 28.6 Å². The number of nitrogens with one attached hydrogen (secondary N) is 1. The molecule has 0 radical (unpaired) electrons. The third kappa shape index (κ3) is 3.29. The van der Waals surface area contributed by atoms with Gasteiger partial charge in [-0.05, 0) is 13.8 Å². The van der Waals surface area contributed by atoms with Crippen LogP contribution in [0.3, 0.4) is 0 Å². The molecule has 3 aromatic heterocycles. The molecule has 0 fully saturated rings. The van der Waals surface area contributed by atoms with Crippen molar-refractivity contribution < 1.29 is 30.9 Å². The molecule has 14 heteroatoms.